The summed E-state index contributed by atoms with van der Waals surface area (Å²) in [5.41, 5.74) is 1.84. The van der Waals surface area contributed by atoms with Crippen LogP contribution in [-0.4, -0.2) is 19.3 Å². The molecule has 0 radical (unpaired) electrons. The summed E-state index contributed by atoms with van der Waals surface area (Å²) in [4.78, 5) is 0. The van der Waals surface area contributed by atoms with Crippen molar-refractivity contribution in [1.82, 2.24) is 10.5 Å². The number of hydrogen-bond acceptors (Lipinski definition) is 5. The first-order chi connectivity index (χ1) is 9.63. The Kier molecular flexibility index (Phi) is 4.87. The Morgan fingerprint density at radius 2 is 2.15 bits per heavy atom. The van der Waals surface area contributed by atoms with Gasteiger partial charge in [-0.1, -0.05) is 16.8 Å². The summed E-state index contributed by atoms with van der Waals surface area (Å²) in [5.74, 6) is 1.74. The van der Waals surface area contributed by atoms with Crippen LogP contribution in [0.5, 0.6) is 11.5 Å². The number of halogens is 1. The fraction of sp³-hybridized carbons (Fsp3) is 0.357. The number of methoxy groups -OCH3 is 1. The van der Waals surface area contributed by atoms with Crippen molar-refractivity contribution in [2.45, 2.75) is 20.1 Å². The molecule has 0 unspecified atom stereocenters. The van der Waals surface area contributed by atoms with Gasteiger partial charge in [0.15, 0.2) is 17.3 Å². The van der Waals surface area contributed by atoms with Gasteiger partial charge in [-0.3, -0.25) is 0 Å². The molecule has 0 aliphatic heterocycles. The van der Waals surface area contributed by atoms with E-state index in [0.29, 0.717) is 28.8 Å². The van der Waals surface area contributed by atoms with E-state index in [-0.39, 0.29) is 6.61 Å². The van der Waals surface area contributed by atoms with Gasteiger partial charge in [0.05, 0.1) is 17.8 Å². The predicted molar refractivity (Wildman–Crippen MR) is 76.3 cm³/mol. The van der Waals surface area contributed by atoms with Crippen molar-refractivity contribution in [2.75, 3.05) is 14.2 Å². The Labute approximate surface area is 122 Å². The standard InChI is InChI=1S/C14H17ClN2O3/c1-9-4-11(20-17-9)8-19-14-12(15)5-10(7-16-2)6-13(14)18-3/h4-6,16H,7-8H2,1-3H3. The Balaban J connectivity index is 2.17. The maximum Gasteiger partial charge on any atom is 0.180 e. The lowest BCUT2D eigenvalue weighted by Crippen LogP contribution is -2.06. The minimum atomic E-state index is 0.252. The molecule has 108 valence electrons. The van der Waals surface area contributed by atoms with E-state index in [9.17, 15) is 0 Å². The molecule has 0 atom stereocenters. The van der Waals surface area contributed by atoms with Gasteiger partial charge in [-0.2, -0.15) is 0 Å². The third-order valence-corrected chi connectivity index (χ3v) is 2.99. The number of rotatable bonds is 6. The third-order valence-electron chi connectivity index (χ3n) is 2.71. The number of ether oxygens (including phenoxy) is 2. The maximum absolute atomic E-state index is 6.24. The van der Waals surface area contributed by atoms with Crippen LogP contribution < -0.4 is 14.8 Å². The maximum atomic E-state index is 6.24. The number of aryl methyl sites for hydroxylation is 1. The molecule has 1 heterocycles. The van der Waals surface area contributed by atoms with Gasteiger partial charge < -0.3 is 19.3 Å². The summed E-state index contributed by atoms with van der Waals surface area (Å²) in [5, 5.41) is 7.37. The molecular weight excluding hydrogens is 280 g/mol. The van der Waals surface area contributed by atoms with Crippen LogP contribution in [0, 0.1) is 6.92 Å². The van der Waals surface area contributed by atoms with Crippen molar-refractivity contribution in [2.24, 2.45) is 0 Å². The first kappa shape index (κ1) is 14.7. The van der Waals surface area contributed by atoms with Crippen molar-refractivity contribution >= 4 is 11.6 Å². The summed E-state index contributed by atoms with van der Waals surface area (Å²) >= 11 is 6.24. The fourth-order valence-corrected chi connectivity index (χ4v) is 2.13. The molecule has 6 heteroatoms. The highest BCUT2D eigenvalue weighted by Gasteiger charge is 2.13. The molecule has 1 N–H and O–H groups in total. The van der Waals surface area contributed by atoms with Gasteiger partial charge in [-0.05, 0) is 31.7 Å². The molecule has 20 heavy (non-hydrogen) atoms. The smallest absolute Gasteiger partial charge is 0.180 e. The Bertz CT molecular complexity index is 584. The predicted octanol–water partition coefficient (Wildman–Crippen LogP) is 2.94. The van der Waals surface area contributed by atoms with Crippen molar-refractivity contribution in [3.05, 3.63) is 40.2 Å². The number of nitrogens with zero attached hydrogens (tertiary/aromatic N) is 1. The minimum absolute atomic E-state index is 0.252. The van der Waals surface area contributed by atoms with Gasteiger partial charge in [0.25, 0.3) is 0 Å². The molecule has 0 amide bonds. The minimum Gasteiger partial charge on any atom is -0.493 e. The number of benzene rings is 1. The first-order valence-corrected chi connectivity index (χ1v) is 6.58. The average molecular weight is 297 g/mol. The van der Waals surface area contributed by atoms with E-state index in [1.54, 1.807) is 7.11 Å². The SMILES string of the molecule is CNCc1cc(Cl)c(OCc2cc(C)no2)c(OC)c1. The Morgan fingerprint density at radius 3 is 2.75 bits per heavy atom. The van der Waals surface area contributed by atoms with Gasteiger partial charge in [0, 0.05) is 12.6 Å². The normalized spacial score (nSPS) is 10.6. The first-order valence-electron chi connectivity index (χ1n) is 6.20. The largest absolute Gasteiger partial charge is 0.493 e. The molecule has 0 bridgehead atoms. The van der Waals surface area contributed by atoms with E-state index >= 15 is 0 Å². The summed E-state index contributed by atoms with van der Waals surface area (Å²) in [6.45, 7) is 2.81. The molecule has 1 aromatic carbocycles. The average Bonchev–Trinajstić information content (AvgIpc) is 2.83. The molecule has 2 rings (SSSR count). The summed E-state index contributed by atoms with van der Waals surface area (Å²) in [6.07, 6.45) is 0. The van der Waals surface area contributed by atoms with Crippen molar-refractivity contribution in [3.8, 4) is 11.5 Å². The summed E-state index contributed by atoms with van der Waals surface area (Å²) < 4.78 is 16.1. The second kappa shape index (κ2) is 6.63. The summed E-state index contributed by atoms with van der Waals surface area (Å²) in [7, 11) is 3.46. The Hall–Kier alpha value is -1.72. The lowest BCUT2D eigenvalue weighted by molar-refractivity contribution is 0.239. The van der Waals surface area contributed by atoms with Crippen molar-refractivity contribution in [1.29, 1.82) is 0 Å². The monoisotopic (exact) mass is 296 g/mol. The third kappa shape index (κ3) is 3.43. The second-order valence-corrected chi connectivity index (χ2v) is 4.77. The van der Waals surface area contributed by atoms with Crippen LogP contribution in [0.15, 0.2) is 22.7 Å². The number of nitrogens with one attached hydrogen (secondary N) is 1. The van der Waals surface area contributed by atoms with Gasteiger partial charge in [0.2, 0.25) is 0 Å². The van der Waals surface area contributed by atoms with E-state index in [2.05, 4.69) is 10.5 Å². The number of aromatic nitrogens is 1. The van der Waals surface area contributed by atoms with E-state index in [1.165, 1.54) is 0 Å². The van der Waals surface area contributed by atoms with Crippen LogP contribution in [0.3, 0.4) is 0 Å². The molecule has 0 aliphatic rings. The quantitative estimate of drug-likeness (QED) is 0.888. The molecule has 2 aromatic rings. The van der Waals surface area contributed by atoms with Crippen LogP contribution in [0.1, 0.15) is 17.0 Å². The lowest BCUT2D eigenvalue weighted by Gasteiger charge is -2.13. The molecule has 0 spiro atoms. The van der Waals surface area contributed by atoms with E-state index in [4.69, 9.17) is 25.6 Å². The molecule has 0 aliphatic carbocycles. The zero-order chi connectivity index (χ0) is 14.5. The molecule has 0 saturated carbocycles. The van der Waals surface area contributed by atoms with E-state index < -0.39 is 0 Å². The van der Waals surface area contributed by atoms with Crippen LogP contribution >= 0.6 is 11.6 Å². The molecule has 5 nitrogen and oxygen atoms in total. The Morgan fingerprint density at radius 1 is 1.35 bits per heavy atom. The zero-order valence-electron chi connectivity index (χ0n) is 11.7. The lowest BCUT2D eigenvalue weighted by atomic mass is 10.2. The fourth-order valence-electron chi connectivity index (χ4n) is 1.85. The van der Waals surface area contributed by atoms with E-state index in [1.807, 2.05) is 32.2 Å². The zero-order valence-corrected chi connectivity index (χ0v) is 12.5. The molecular formula is C14H17ClN2O3. The van der Waals surface area contributed by atoms with Crippen molar-refractivity contribution < 1.29 is 14.0 Å². The van der Waals surface area contributed by atoms with Crippen LogP contribution in [0.2, 0.25) is 5.02 Å². The van der Waals surface area contributed by atoms with Crippen LogP contribution in [-0.2, 0) is 13.2 Å². The molecule has 1 aromatic heterocycles. The highest BCUT2D eigenvalue weighted by molar-refractivity contribution is 6.32. The van der Waals surface area contributed by atoms with E-state index in [0.717, 1.165) is 11.3 Å². The van der Waals surface area contributed by atoms with Crippen LogP contribution in [0.4, 0.5) is 0 Å². The highest BCUT2D eigenvalue weighted by atomic mass is 35.5. The van der Waals surface area contributed by atoms with Gasteiger partial charge in [-0.15, -0.1) is 0 Å². The number of hydrogen-bond donors (Lipinski definition) is 1. The van der Waals surface area contributed by atoms with Gasteiger partial charge >= 0.3 is 0 Å². The topological polar surface area (TPSA) is 56.5 Å². The van der Waals surface area contributed by atoms with Gasteiger partial charge in [-0.25, -0.2) is 0 Å². The van der Waals surface area contributed by atoms with Gasteiger partial charge in [0.1, 0.15) is 6.61 Å². The highest BCUT2D eigenvalue weighted by Crippen LogP contribution is 2.36. The molecule has 0 saturated heterocycles. The summed E-state index contributed by atoms with van der Waals surface area (Å²) in [6, 6.07) is 5.56. The van der Waals surface area contributed by atoms with Crippen LogP contribution in [0.25, 0.3) is 0 Å². The van der Waals surface area contributed by atoms with Crippen molar-refractivity contribution in [3.63, 3.8) is 0 Å². The second-order valence-electron chi connectivity index (χ2n) is 4.36. The molecule has 0 fully saturated rings.